The van der Waals surface area contributed by atoms with Crippen molar-refractivity contribution in [1.82, 2.24) is 9.55 Å². The van der Waals surface area contributed by atoms with E-state index in [4.69, 9.17) is 4.74 Å². The number of nitrogens with zero attached hydrogens (tertiary/aromatic N) is 2. The van der Waals surface area contributed by atoms with Crippen molar-refractivity contribution in [1.29, 1.82) is 0 Å². The molecule has 0 N–H and O–H groups in total. The maximum atomic E-state index is 5.56. The van der Waals surface area contributed by atoms with Gasteiger partial charge in [0.2, 0.25) is 0 Å². The summed E-state index contributed by atoms with van der Waals surface area (Å²) in [6.07, 6.45) is 4.84. The normalized spacial score (nSPS) is 17.4. The Morgan fingerprint density at radius 1 is 0.926 bits per heavy atom. The van der Waals surface area contributed by atoms with E-state index in [1.807, 2.05) is 12.3 Å². The van der Waals surface area contributed by atoms with Crippen molar-refractivity contribution >= 4 is 0 Å². The lowest BCUT2D eigenvalue weighted by Gasteiger charge is -2.34. The van der Waals surface area contributed by atoms with Gasteiger partial charge < -0.3 is 9.30 Å². The number of fused-ring (bicyclic) bond motifs is 3. The third kappa shape index (κ3) is 2.32. The van der Waals surface area contributed by atoms with Crippen LogP contribution in [-0.2, 0) is 12.0 Å². The Morgan fingerprint density at radius 3 is 2.41 bits per heavy atom. The highest BCUT2D eigenvalue weighted by atomic mass is 16.5. The Labute approximate surface area is 158 Å². The third-order valence-electron chi connectivity index (χ3n) is 5.52. The number of benzene rings is 3. The second-order valence-electron chi connectivity index (χ2n) is 6.92. The van der Waals surface area contributed by atoms with Crippen LogP contribution in [0.5, 0.6) is 5.75 Å². The summed E-state index contributed by atoms with van der Waals surface area (Å²) >= 11 is 0. The number of hydrogen-bond donors (Lipinski definition) is 0. The zero-order valence-electron chi connectivity index (χ0n) is 15.2. The Hall–Kier alpha value is -3.33. The minimum Gasteiger partial charge on any atom is -0.497 e. The average Bonchev–Trinajstić information content (AvgIpc) is 3.31. The second kappa shape index (κ2) is 6.13. The van der Waals surface area contributed by atoms with Crippen LogP contribution >= 0.6 is 0 Å². The molecule has 5 rings (SSSR count). The standard InChI is InChI=1S/C24H20N2O/c1-27-20-12-13-21-22(16-20)24(19-10-6-3-7-11-19,26-15-14-25-23(21)26)17-18-8-4-2-5-9-18/h2-16H,17H2,1H3. The van der Waals surface area contributed by atoms with Crippen LogP contribution in [0.25, 0.3) is 11.4 Å². The highest BCUT2D eigenvalue weighted by Crippen LogP contribution is 2.49. The maximum absolute atomic E-state index is 5.56. The zero-order chi connectivity index (χ0) is 18.3. The van der Waals surface area contributed by atoms with Crippen molar-refractivity contribution < 1.29 is 4.74 Å². The molecule has 1 unspecified atom stereocenters. The number of ether oxygens (including phenoxy) is 1. The summed E-state index contributed by atoms with van der Waals surface area (Å²) in [5.74, 6) is 1.88. The second-order valence-corrected chi connectivity index (χ2v) is 6.92. The van der Waals surface area contributed by atoms with Gasteiger partial charge in [-0.25, -0.2) is 4.98 Å². The van der Waals surface area contributed by atoms with Gasteiger partial charge in [0.1, 0.15) is 17.1 Å². The van der Waals surface area contributed by atoms with Gasteiger partial charge in [0.25, 0.3) is 0 Å². The molecule has 3 aromatic carbocycles. The molecule has 3 nitrogen and oxygen atoms in total. The van der Waals surface area contributed by atoms with Gasteiger partial charge in [-0.15, -0.1) is 0 Å². The number of aromatic nitrogens is 2. The van der Waals surface area contributed by atoms with E-state index in [9.17, 15) is 0 Å². The van der Waals surface area contributed by atoms with Crippen molar-refractivity contribution in [2.75, 3.05) is 7.11 Å². The topological polar surface area (TPSA) is 27.1 Å². The first-order valence-corrected chi connectivity index (χ1v) is 9.15. The van der Waals surface area contributed by atoms with E-state index in [0.717, 1.165) is 18.0 Å². The third-order valence-corrected chi connectivity index (χ3v) is 5.52. The van der Waals surface area contributed by atoms with E-state index in [1.54, 1.807) is 7.11 Å². The lowest BCUT2D eigenvalue weighted by molar-refractivity contribution is 0.409. The van der Waals surface area contributed by atoms with Gasteiger partial charge >= 0.3 is 0 Å². The fourth-order valence-corrected chi connectivity index (χ4v) is 4.31. The Morgan fingerprint density at radius 2 is 1.67 bits per heavy atom. The highest BCUT2D eigenvalue weighted by molar-refractivity contribution is 5.72. The molecule has 0 saturated heterocycles. The number of rotatable bonds is 4. The van der Waals surface area contributed by atoms with E-state index >= 15 is 0 Å². The molecule has 4 aromatic rings. The molecule has 0 radical (unpaired) electrons. The van der Waals surface area contributed by atoms with Crippen LogP contribution in [0, 0.1) is 0 Å². The lowest BCUT2D eigenvalue weighted by atomic mass is 9.78. The quantitative estimate of drug-likeness (QED) is 0.522. The molecule has 132 valence electrons. The molecule has 0 spiro atoms. The molecule has 27 heavy (non-hydrogen) atoms. The molecule has 1 aromatic heterocycles. The van der Waals surface area contributed by atoms with Crippen LogP contribution in [0.1, 0.15) is 16.7 Å². The van der Waals surface area contributed by atoms with E-state index in [2.05, 4.69) is 88.5 Å². The fraction of sp³-hybridized carbons (Fsp3) is 0.125. The predicted octanol–water partition coefficient (Wildman–Crippen LogP) is 4.91. The first-order valence-electron chi connectivity index (χ1n) is 9.15. The summed E-state index contributed by atoms with van der Waals surface area (Å²) in [5, 5.41) is 0. The van der Waals surface area contributed by atoms with Crippen LogP contribution in [0.4, 0.5) is 0 Å². The Bertz CT molecular complexity index is 1090. The van der Waals surface area contributed by atoms with Crippen LogP contribution in [0.15, 0.2) is 91.3 Å². The summed E-state index contributed by atoms with van der Waals surface area (Å²) in [6, 6.07) is 27.7. The van der Waals surface area contributed by atoms with E-state index in [1.165, 1.54) is 22.3 Å². The summed E-state index contributed by atoms with van der Waals surface area (Å²) in [5.41, 5.74) is 4.59. The monoisotopic (exact) mass is 352 g/mol. The molecular formula is C24H20N2O. The summed E-state index contributed by atoms with van der Waals surface area (Å²) < 4.78 is 7.88. The molecule has 0 fully saturated rings. The van der Waals surface area contributed by atoms with Crippen LogP contribution < -0.4 is 4.74 Å². The molecular weight excluding hydrogens is 332 g/mol. The van der Waals surface area contributed by atoms with Gasteiger partial charge in [-0.05, 0) is 34.9 Å². The van der Waals surface area contributed by atoms with E-state index in [-0.39, 0.29) is 5.54 Å². The molecule has 0 bridgehead atoms. The van der Waals surface area contributed by atoms with Gasteiger partial charge in [0.05, 0.1) is 7.11 Å². The molecule has 3 heteroatoms. The summed E-state index contributed by atoms with van der Waals surface area (Å²) in [4.78, 5) is 4.68. The van der Waals surface area contributed by atoms with Crippen LogP contribution in [0.2, 0.25) is 0 Å². The maximum Gasteiger partial charge on any atom is 0.141 e. The van der Waals surface area contributed by atoms with E-state index < -0.39 is 0 Å². The number of methoxy groups -OCH3 is 1. The number of hydrogen-bond acceptors (Lipinski definition) is 2. The fourth-order valence-electron chi connectivity index (χ4n) is 4.31. The molecule has 0 saturated carbocycles. The van der Waals surface area contributed by atoms with Crippen molar-refractivity contribution in [3.63, 3.8) is 0 Å². The molecule has 1 atom stereocenters. The van der Waals surface area contributed by atoms with Gasteiger partial charge in [0.15, 0.2) is 0 Å². The van der Waals surface area contributed by atoms with E-state index in [0.29, 0.717) is 0 Å². The molecule has 1 aliphatic heterocycles. The zero-order valence-corrected chi connectivity index (χ0v) is 15.2. The molecule has 0 aliphatic carbocycles. The Balaban J connectivity index is 1.83. The van der Waals surface area contributed by atoms with Gasteiger partial charge in [0, 0.05) is 24.4 Å². The minimum absolute atomic E-state index is 0.349. The molecule has 0 amide bonds. The van der Waals surface area contributed by atoms with Crippen molar-refractivity contribution in [2.45, 2.75) is 12.0 Å². The predicted molar refractivity (Wildman–Crippen MR) is 107 cm³/mol. The summed E-state index contributed by atoms with van der Waals surface area (Å²) in [6.45, 7) is 0. The molecule has 2 heterocycles. The number of imidazole rings is 1. The average molecular weight is 352 g/mol. The SMILES string of the molecule is COc1ccc2c(c1)C(Cc1ccccc1)(c1ccccc1)n1ccnc1-2. The first kappa shape index (κ1) is 15.9. The lowest BCUT2D eigenvalue weighted by Crippen LogP contribution is -2.35. The minimum atomic E-state index is -0.349. The van der Waals surface area contributed by atoms with Gasteiger partial charge in [-0.2, -0.15) is 0 Å². The van der Waals surface area contributed by atoms with Crippen LogP contribution in [-0.4, -0.2) is 16.7 Å². The van der Waals surface area contributed by atoms with Crippen molar-refractivity contribution in [3.8, 4) is 17.1 Å². The Kier molecular flexibility index (Phi) is 3.61. The van der Waals surface area contributed by atoms with Crippen molar-refractivity contribution in [2.24, 2.45) is 0 Å². The van der Waals surface area contributed by atoms with Crippen LogP contribution in [0.3, 0.4) is 0 Å². The first-order chi connectivity index (χ1) is 13.3. The van der Waals surface area contributed by atoms with Crippen molar-refractivity contribution in [3.05, 3.63) is 108 Å². The largest absolute Gasteiger partial charge is 0.497 e. The molecule has 1 aliphatic rings. The van der Waals surface area contributed by atoms with Gasteiger partial charge in [-0.1, -0.05) is 60.7 Å². The summed E-state index contributed by atoms with van der Waals surface area (Å²) in [7, 11) is 1.72. The van der Waals surface area contributed by atoms with Gasteiger partial charge in [-0.3, -0.25) is 0 Å². The highest BCUT2D eigenvalue weighted by Gasteiger charge is 2.45. The smallest absolute Gasteiger partial charge is 0.141 e.